The van der Waals surface area contributed by atoms with Gasteiger partial charge in [-0.05, 0) is 22.9 Å². The number of fused-ring (bicyclic) bond motifs is 1. The van der Waals surface area contributed by atoms with Crippen molar-refractivity contribution < 1.29 is 9.53 Å². The number of hydrogen-bond donors (Lipinski definition) is 2. The second kappa shape index (κ2) is 6.18. The Morgan fingerprint density at radius 2 is 1.87 bits per heavy atom. The molecule has 23 heavy (non-hydrogen) atoms. The van der Waals surface area contributed by atoms with E-state index in [0.717, 1.165) is 10.8 Å². The molecule has 3 aromatic rings. The fraction of sp³-hybridized carbons (Fsp3) is 0.0556. The summed E-state index contributed by atoms with van der Waals surface area (Å²) in [4.78, 5) is 12.7. The fourth-order valence-electron chi connectivity index (χ4n) is 2.49. The third kappa shape index (κ3) is 2.94. The number of rotatable bonds is 3. The highest BCUT2D eigenvalue weighted by molar-refractivity contribution is 6.34. The molecule has 3 rings (SSSR count). The molecule has 0 spiro atoms. The average molecular weight is 327 g/mol. The van der Waals surface area contributed by atoms with Crippen molar-refractivity contribution in [3.63, 3.8) is 0 Å². The molecule has 0 bridgehead atoms. The number of amides is 1. The molecule has 0 aliphatic rings. The summed E-state index contributed by atoms with van der Waals surface area (Å²) < 4.78 is 5.25. The maximum atomic E-state index is 12.7. The van der Waals surface area contributed by atoms with Crippen LogP contribution in [0.5, 0.6) is 5.75 Å². The van der Waals surface area contributed by atoms with Crippen molar-refractivity contribution in [3.8, 4) is 5.75 Å². The first-order valence-corrected chi connectivity index (χ1v) is 7.40. The third-order valence-electron chi connectivity index (χ3n) is 3.57. The average Bonchev–Trinajstić information content (AvgIpc) is 2.56. The minimum absolute atomic E-state index is 0.258. The lowest BCUT2D eigenvalue weighted by Crippen LogP contribution is -2.13. The van der Waals surface area contributed by atoms with E-state index in [1.807, 2.05) is 36.4 Å². The predicted molar refractivity (Wildman–Crippen MR) is 94.3 cm³/mol. The molecule has 0 unspecified atom stereocenters. The van der Waals surface area contributed by atoms with Crippen molar-refractivity contribution in [1.29, 1.82) is 0 Å². The van der Waals surface area contributed by atoms with E-state index >= 15 is 0 Å². The Bertz CT molecular complexity index is 888. The first kappa shape index (κ1) is 15.2. The maximum Gasteiger partial charge on any atom is 0.256 e. The molecule has 3 aromatic carbocycles. The van der Waals surface area contributed by atoms with Gasteiger partial charge in [-0.25, -0.2) is 0 Å². The Balaban J connectivity index is 2.02. The number of hydrogen-bond acceptors (Lipinski definition) is 3. The highest BCUT2D eigenvalue weighted by atomic mass is 35.5. The molecule has 3 N–H and O–H groups in total. The SMILES string of the molecule is COc1cc(N)cc(Cl)c1NC(=O)c1cccc2ccccc12. The molecule has 1 amide bonds. The van der Waals surface area contributed by atoms with Gasteiger partial charge in [0, 0.05) is 17.3 Å². The monoisotopic (exact) mass is 326 g/mol. The topological polar surface area (TPSA) is 64.3 Å². The van der Waals surface area contributed by atoms with E-state index < -0.39 is 0 Å². The molecule has 0 heterocycles. The summed E-state index contributed by atoms with van der Waals surface area (Å²) in [6.07, 6.45) is 0. The molecule has 0 aliphatic carbocycles. The summed E-state index contributed by atoms with van der Waals surface area (Å²) >= 11 is 6.19. The van der Waals surface area contributed by atoms with E-state index in [4.69, 9.17) is 22.1 Å². The second-order valence-electron chi connectivity index (χ2n) is 5.06. The van der Waals surface area contributed by atoms with E-state index in [2.05, 4.69) is 5.32 Å². The van der Waals surface area contributed by atoms with E-state index in [9.17, 15) is 4.79 Å². The van der Waals surface area contributed by atoms with Gasteiger partial charge < -0.3 is 15.8 Å². The quantitative estimate of drug-likeness (QED) is 0.704. The van der Waals surface area contributed by atoms with E-state index in [0.29, 0.717) is 27.7 Å². The number of halogens is 1. The van der Waals surface area contributed by atoms with Crippen molar-refractivity contribution >= 4 is 39.7 Å². The van der Waals surface area contributed by atoms with Crippen LogP contribution in [0.25, 0.3) is 10.8 Å². The van der Waals surface area contributed by atoms with E-state index in [1.54, 1.807) is 18.2 Å². The first-order valence-electron chi connectivity index (χ1n) is 7.02. The lowest BCUT2D eigenvalue weighted by Gasteiger charge is -2.14. The van der Waals surface area contributed by atoms with Gasteiger partial charge in [0.1, 0.15) is 11.4 Å². The number of anilines is 2. The van der Waals surface area contributed by atoms with Gasteiger partial charge >= 0.3 is 0 Å². The number of carbonyl (C=O) groups excluding carboxylic acids is 1. The van der Waals surface area contributed by atoms with Gasteiger partial charge in [-0.15, -0.1) is 0 Å². The summed E-state index contributed by atoms with van der Waals surface area (Å²) in [5, 5.41) is 5.01. The largest absolute Gasteiger partial charge is 0.494 e. The van der Waals surface area contributed by atoms with Crippen LogP contribution in [-0.2, 0) is 0 Å². The van der Waals surface area contributed by atoms with Crippen molar-refractivity contribution in [2.75, 3.05) is 18.2 Å². The summed E-state index contributed by atoms with van der Waals surface area (Å²) in [6, 6.07) is 16.5. The Labute approximate surface area is 138 Å². The number of methoxy groups -OCH3 is 1. The van der Waals surface area contributed by atoms with Crippen LogP contribution in [0.3, 0.4) is 0 Å². The Kier molecular flexibility index (Phi) is 4.08. The van der Waals surface area contributed by atoms with E-state index in [-0.39, 0.29) is 5.91 Å². The molecule has 0 atom stereocenters. The molecule has 4 nitrogen and oxygen atoms in total. The number of carbonyl (C=O) groups is 1. The predicted octanol–water partition coefficient (Wildman–Crippen LogP) is 4.34. The van der Waals surface area contributed by atoms with Crippen LogP contribution >= 0.6 is 11.6 Å². The lowest BCUT2D eigenvalue weighted by molar-refractivity contribution is 0.102. The maximum absolute atomic E-state index is 12.7. The number of benzene rings is 3. The van der Waals surface area contributed by atoms with Gasteiger partial charge in [0.15, 0.2) is 0 Å². The van der Waals surface area contributed by atoms with Crippen LogP contribution < -0.4 is 15.8 Å². The van der Waals surface area contributed by atoms with Gasteiger partial charge in [0.25, 0.3) is 5.91 Å². The number of ether oxygens (including phenoxy) is 1. The zero-order valence-electron chi connectivity index (χ0n) is 12.5. The van der Waals surface area contributed by atoms with Crippen LogP contribution in [-0.4, -0.2) is 13.0 Å². The highest BCUT2D eigenvalue weighted by Gasteiger charge is 2.15. The smallest absolute Gasteiger partial charge is 0.256 e. The van der Waals surface area contributed by atoms with Gasteiger partial charge in [-0.1, -0.05) is 48.0 Å². The molecule has 116 valence electrons. The zero-order chi connectivity index (χ0) is 16.4. The highest BCUT2D eigenvalue weighted by Crippen LogP contribution is 2.35. The molecule has 0 aromatic heterocycles. The number of nitrogens with one attached hydrogen (secondary N) is 1. The Morgan fingerprint density at radius 1 is 1.13 bits per heavy atom. The van der Waals surface area contributed by atoms with Crippen molar-refractivity contribution in [1.82, 2.24) is 0 Å². The van der Waals surface area contributed by atoms with Gasteiger partial charge in [-0.3, -0.25) is 4.79 Å². The molecule has 0 aliphatic heterocycles. The minimum atomic E-state index is -0.258. The third-order valence-corrected chi connectivity index (χ3v) is 3.87. The molecule has 0 radical (unpaired) electrons. The fourth-order valence-corrected chi connectivity index (χ4v) is 2.75. The standard InChI is InChI=1S/C18H15ClN2O2/c1-23-16-10-12(20)9-15(19)17(16)21-18(22)14-8-4-6-11-5-2-3-7-13(11)14/h2-10H,20H2,1H3,(H,21,22). The normalized spacial score (nSPS) is 10.5. The number of nitrogens with two attached hydrogens (primary N) is 1. The minimum Gasteiger partial charge on any atom is -0.494 e. The van der Waals surface area contributed by atoms with Crippen LogP contribution in [0, 0.1) is 0 Å². The molecular weight excluding hydrogens is 312 g/mol. The number of nitrogen functional groups attached to an aromatic ring is 1. The lowest BCUT2D eigenvalue weighted by atomic mass is 10.0. The molecule has 0 saturated heterocycles. The molecule has 0 saturated carbocycles. The summed E-state index contributed by atoms with van der Waals surface area (Å²) in [7, 11) is 1.50. The Hall–Kier alpha value is -2.72. The van der Waals surface area contributed by atoms with Crippen molar-refractivity contribution in [2.24, 2.45) is 0 Å². The van der Waals surface area contributed by atoms with Crippen molar-refractivity contribution in [2.45, 2.75) is 0 Å². The Morgan fingerprint density at radius 3 is 2.65 bits per heavy atom. The van der Waals surface area contributed by atoms with Crippen LogP contribution in [0.1, 0.15) is 10.4 Å². The van der Waals surface area contributed by atoms with Gasteiger partial charge in [0.2, 0.25) is 0 Å². The van der Waals surface area contributed by atoms with Crippen LogP contribution in [0.2, 0.25) is 5.02 Å². The van der Waals surface area contributed by atoms with Crippen LogP contribution in [0.4, 0.5) is 11.4 Å². The summed E-state index contributed by atoms with van der Waals surface area (Å²) in [6.45, 7) is 0. The summed E-state index contributed by atoms with van der Waals surface area (Å²) in [5.74, 6) is 0.162. The van der Waals surface area contributed by atoms with Crippen molar-refractivity contribution in [3.05, 3.63) is 65.2 Å². The second-order valence-corrected chi connectivity index (χ2v) is 5.47. The van der Waals surface area contributed by atoms with Crippen LogP contribution in [0.15, 0.2) is 54.6 Å². The molecular formula is C18H15ClN2O2. The van der Waals surface area contributed by atoms with Gasteiger partial charge in [-0.2, -0.15) is 0 Å². The zero-order valence-corrected chi connectivity index (χ0v) is 13.2. The molecule has 5 heteroatoms. The van der Waals surface area contributed by atoms with Gasteiger partial charge in [0.05, 0.1) is 12.1 Å². The first-order chi connectivity index (χ1) is 11.1. The van der Waals surface area contributed by atoms with E-state index in [1.165, 1.54) is 7.11 Å². The molecule has 0 fully saturated rings. The summed E-state index contributed by atoms with van der Waals surface area (Å²) in [5.41, 5.74) is 7.18.